The monoisotopic (exact) mass is 191 g/mol. The number of likely N-dealkylation sites (N-methyl/N-ethyl adjacent to an activating group) is 1. The first-order chi connectivity index (χ1) is 6.14. The van der Waals surface area contributed by atoms with Gasteiger partial charge in [0.2, 0.25) is 0 Å². The molecule has 1 fully saturated rings. The van der Waals surface area contributed by atoms with Crippen molar-refractivity contribution in [2.45, 2.75) is 45.3 Å². The molecule has 0 unspecified atom stereocenters. The van der Waals surface area contributed by atoms with E-state index in [1.165, 1.54) is 0 Å². The molecule has 13 heavy (non-hydrogen) atoms. The zero-order valence-electron chi connectivity index (χ0n) is 9.18. The van der Waals surface area contributed by atoms with Crippen LogP contribution in [0.25, 0.3) is 0 Å². The van der Waals surface area contributed by atoms with E-state index in [1.807, 2.05) is 32.7 Å². The molecule has 80 valence electrons. The molecule has 1 heterocycles. The Balaban J connectivity index is 0.000000671. The Kier molecular flexibility index (Phi) is 5.49. The lowest BCUT2D eigenvalue weighted by Crippen LogP contribution is -2.43. The van der Waals surface area contributed by atoms with Gasteiger partial charge in [0.1, 0.15) is 6.17 Å². The predicted octanol–water partition coefficient (Wildman–Crippen LogP) is 1.83. The molecule has 0 bridgehead atoms. The van der Waals surface area contributed by atoms with E-state index >= 15 is 0 Å². The summed E-state index contributed by atoms with van der Waals surface area (Å²) in [6.07, 6.45) is 0.545. The lowest BCUT2D eigenvalue weighted by Gasteiger charge is -2.32. The number of aliphatic hydroxyl groups is 1. The minimum atomic E-state index is -0.757. The first-order valence-electron chi connectivity index (χ1n) is 5.11. The molecular weight excluding hydrogens is 169 g/mol. The molecule has 1 aliphatic rings. The number of hydrogen-bond donors (Lipinski definition) is 1. The smallest absolute Gasteiger partial charge is 0.115 e. The molecule has 1 aliphatic heterocycles. The van der Waals surface area contributed by atoms with Crippen molar-refractivity contribution in [2.75, 3.05) is 20.2 Å². The lowest BCUT2D eigenvalue weighted by molar-refractivity contribution is 0.0801. The van der Waals surface area contributed by atoms with Crippen molar-refractivity contribution in [1.82, 2.24) is 4.90 Å². The van der Waals surface area contributed by atoms with Crippen LogP contribution in [-0.2, 0) is 0 Å². The highest BCUT2D eigenvalue weighted by Gasteiger charge is 2.41. The van der Waals surface area contributed by atoms with Crippen LogP contribution in [0.5, 0.6) is 0 Å². The molecule has 1 rings (SSSR count). The highest BCUT2D eigenvalue weighted by molar-refractivity contribution is 4.96. The van der Waals surface area contributed by atoms with Crippen LogP contribution in [-0.4, -0.2) is 41.9 Å². The van der Waals surface area contributed by atoms with Crippen LogP contribution in [0.15, 0.2) is 0 Å². The Morgan fingerprint density at radius 1 is 1.54 bits per heavy atom. The number of rotatable bonds is 2. The van der Waals surface area contributed by atoms with Crippen LogP contribution in [0.1, 0.15) is 33.6 Å². The second kappa shape index (κ2) is 5.55. The van der Waals surface area contributed by atoms with Gasteiger partial charge in [-0.15, -0.1) is 0 Å². The molecule has 0 aromatic carbocycles. The number of aliphatic hydroxyl groups excluding tert-OH is 1. The van der Waals surface area contributed by atoms with E-state index < -0.39 is 6.17 Å². The van der Waals surface area contributed by atoms with Gasteiger partial charge in [-0.2, -0.15) is 0 Å². The Bertz CT molecular complexity index is 137. The van der Waals surface area contributed by atoms with Gasteiger partial charge in [0, 0.05) is 18.5 Å². The summed E-state index contributed by atoms with van der Waals surface area (Å²) in [6.45, 7) is 6.53. The Morgan fingerprint density at radius 2 is 2.08 bits per heavy atom. The van der Waals surface area contributed by atoms with Gasteiger partial charge in [-0.05, 0) is 13.5 Å². The zero-order chi connectivity index (χ0) is 10.5. The minimum Gasteiger partial charge on any atom is -0.394 e. The Hall–Kier alpha value is -0.150. The first kappa shape index (κ1) is 12.8. The topological polar surface area (TPSA) is 23.5 Å². The number of likely N-dealkylation sites (tertiary alicyclic amines) is 1. The van der Waals surface area contributed by atoms with Crippen LogP contribution in [0.3, 0.4) is 0 Å². The first-order valence-corrected chi connectivity index (χ1v) is 5.11. The van der Waals surface area contributed by atoms with Gasteiger partial charge in [0.25, 0.3) is 0 Å². The van der Waals surface area contributed by atoms with E-state index in [0.29, 0.717) is 13.0 Å². The van der Waals surface area contributed by atoms with Gasteiger partial charge in [-0.25, -0.2) is 4.39 Å². The van der Waals surface area contributed by atoms with Gasteiger partial charge in [0.05, 0.1) is 6.61 Å². The fourth-order valence-electron chi connectivity index (χ4n) is 1.83. The maximum Gasteiger partial charge on any atom is 0.115 e. The van der Waals surface area contributed by atoms with Gasteiger partial charge >= 0.3 is 0 Å². The molecule has 1 N–H and O–H groups in total. The van der Waals surface area contributed by atoms with Gasteiger partial charge in [-0.1, -0.05) is 20.8 Å². The van der Waals surface area contributed by atoms with Crippen molar-refractivity contribution >= 4 is 0 Å². The molecule has 2 atom stereocenters. The van der Waals surface area contributed by atoms with E-state index in [0.717, 1.165) is 6.42 Å². The summed E-state index contributed by atoms with van der Waals surface area (Å²) >= 11 is 0. The predicted molar refractivity (Wildman–Crippen MR) is 53.6 cm³/mol. The van der Waals surface area contributed by atoms with Crippen LogP contribution < -0.4 is 0 Å². The van der Waals surface area contributed by atoms with Crippen LogP contribution in [0.4, 0.5) is 4.39 Å². The van der Waals surface area contributed by atoms with Crippen molar-refractivity contribution in [3.8, 4) is 0 Å². The van der Waals surface area contributed by atoms with E-state index in [-0.39, 0.29) is 12.1 Å². The van der Waals surface area contributed by atoms with E-state index in [1.54, 1.807) is 0 Å². The quantitative estimate of drug-likeness (QED) is 0.719. The lowest BCUT2D eigenvalue weighted by atomic mass is 9.94. The van der Waals surface area contributed by atoms with Gasteiger partial charge in [-0.3, -0.25) is 4.90 Å². The second-order valence-corrected chi connectivity index (χ2v) is 3.42. The molecule has 0 aliphatic carbocycles. The fourth-order valence-corrected chi connectivity index (χ4v) is 1.83. The Labute approximate surface area is 80.7 Å². The van der Waals surface area contributed by atoms with Crippen LogP contribution >= 0.6 is 0 Å². The summed E-state index contributed by atoms with van der Waals surface area (Å²) in [7, 11) is 1.87. The van der Waals surface area contributed by atoms with Crippen LogP contribution in [0.2, 0.25) is 0 Å². The van der Waals surface area contributed by atoms with Gasteiger partial charge < -0.3 is 5.11 Å². The standard InChI is InChI=1S/C8H16FNO.C2H6/c1-3-8(6-11)4-7(9)5-10(8)2;1-2/h7,11H,3-6H2,1-2H3;1-2H3/t7-,8+;/m1./s1. The number of alkyl halides is 1. The third-order valence-electron chi connectivity index (χ3n) is 2.84. The number of halogens is 1. The van der Waals surface area contributed by atoms with Crippen molar-refractivity contribution < 1.29 is 9.50 Å². The highest BCUT2D eigenvalue weighted by atomic mass is 19.1. The molecule has 1 saturated heterocycles. The van der Waals surface area contributed by atoms with Crippen molar-refractivity contribution in [3.05, 3.63) is 0 Å². The fraction of sp³-hybridized carbons (Fsp3) is 1.00. The van der Waals surface area contributed by atoms with E-state index in [4.69, 9.17) is 5.11 Å². The summed E-state index contributed by atoms with van der Waals surface area (Å²) in [5, 5.41) is 9.10. The summed E-state index contributed by atoms with van der Waals surface area (Å²) < 4.78 is 12.9. The average molecular weight is 191 g/mol. The molecule has 2 nitrogen and oxygen atoms in total. The maximum absolute atomic E-state index is 12.9. The van der Waals surface area contributed by atoms with Crippen molar-refractivity contribution in [3.63, 3.8) is 0 Å². The second-order valence-electron chi connectivity index (χ2n) is 3.42. The average Bonchev–Trinajstić information content (AvgIpc) is 2.45. The third kappa shape index (κ3) is 2.64. The normalized spacial score (nSPS) is 34.2. The molecule has 0 aromatic rings. The molecule has 0 spiro atoms. The zero-order valence-corrected chi connectivity index (χ0v) is 9.18. The maximum atomic E-state index is 12.9. The number of nitrogens with zero attached hydrogens (tertiary/aromatic N) is 1. The molecule has 0 radical (unpaired) electrons. The summed E-state index contributed by atoms with van der Waals surface area (Å²) in [4.78, 5) is 1.93. The Morgan fingerprint density at radius 3 is 2.23 bits per heavy atom. The van der Waals surface area contributed by atoms with Crippen molar-refractivity contribution in [1.29, 1.82) is 0 Å². The highest BCUT2D eigenvalue weighted by Crippen LogP contribution is 2.31. The van der Waals surface area contributed by atoms with Crippen molar-refractivity contribution in [2.24, 2.45) is 0 Å². The van der Waals surface area contributed by atoms with Gasteiger partial charge in [0.15, 0.2) is 0 Å². The molecule has 0 aromatic heterocycles. The summed E-state index contributed by atoms with van der Waals surface area (Å²) in [5.74, 6) is 0. The molecular formula is C10H22FNO. The number of hydrogen-bond acceptors (Lipinski definition) is 2. The molecule has 0 saturated carbocycles. The van der Waals surface area contributed by atoms with E-state index in [2.05, 4.69) is 0 Å². The summed E-state index contributed by atoms with van der Waals surface area (Å²) in [6, 6.07) is 0. The molecule has 3 heteroatoms. The summed E-state index contributed by atoms with van der Waals surface area (Å²) in [5.41, 5.74) is -0.278. The third-order valence-corrected chi connectivity index (χ3v) is 2.84. The largest absolute Gasteiger partial charge is 0.394 e. The minimum absolute atomic E-state index is 0.0699. The van der Waals surface area contributed by atoms with E-state index in [9.17, 15) is 4.39 Å². The molecule has 0 amide bonds. The SMILES string of the molecule is CC.CC[C@@]1(CO)C[C@@H](F)CN1C. The van der Waals surface area contributed by atoms with Crippen LogP contribution in [0, 0.1) is 0 Å².